The predicted molar refractivity (Wildman–Crippen MR) is 99.0 cm³/mol. The van der Waals surface area contributed by atoms with Crippen molar-refractivity contribution >= 4 is 33.9 Å². The molecule has 0 amide bonds. The highest BCUT2D eigenvalue weighted by atomic mass is 19.1. The summed E-state index contributed by atoms with van der Waals surface area (Å²) in [5.74, 6) is 0.693. The van der Waals surface area contributed by atoms with Crippen molar-refractivity contribution < 1.29 is 4.39 Å². The molecule has 5 rings (SSSR count). The molecule has 0 unspecified atom stereocenters. The Morgan fingerprint density at radius 2 is 2.08 bits per heavy atom. The summed E-state index contributed by atoms with van der Waals surface area (Å²) in [5.41, 5.74) is 9.01. The maximum Gasteiger partial charge on any atom is 0.257 e. The van der Waals surface area contributed by atoms with E-state index in [9.17, 15) is 4.39 Å². The molecule has 1 aliphatic rings. The van der Waals surface area contributed by atoms with Crippen molar-refractivity contribution in [3.05, 3.63) is 54.1 Å². The first-order chi connectivity index (χ1) is 12.6. The molecule has 1 aliphatic heterocycles. The normalized spacial score (nSPS) is 17.0. The van der Waals surface area contributed by atoms with Crippen molar-refractivity contribution in [2.45, 2.75) is 25.8 Å². The van der Waals surface area contributed by atoms with Gasteiger partial charge in [0.2, 0.25) is 0 Å². The Morgan fingerprint density at radius 3 is 2.96 bits per heavy atom. The summed E-state index contributed by atoms with van der Waals surface area (Å²) in [6.45, 7) is 2.16. The topological polar surface area (TPSA) is 72.3 Å². The molecule has 7 heteroatoms. The standard InChI is InChI=1S/C19H17FN6/c1-11-6-7-12-4-2-3-5-16(12)26(11)18-13-8-14(20)15(21)9-17(13)25-10-22-24-19(25)23-18/h2-5,8-11H,6-7,21H2,1H3/t11-/m1/s1. The first-order valence-corrected chi connectivity index (χ1v) is 8.59. The van der Waals surface area contributed by atoms with Gasteiger partial charge < -0.3 is 10.6 Å². The summed E-state index contributed by atoms with van der Waals surface area (Å²) in [7, 11) is 0. The summed E-state index contributed by atoms with van der Waals surface area (Å²) in [6, 6.07) is 11.6. The average molecular weight is 348 g/mol. The van der Waals surface area contributed by atoms with Gasteiger partial charge in [0.1, 0.15) is 18.0 Å². The van der Waals surface area contributed by atoms with Crippen molar-refractivity contribution in [1.82, 2.24) is 19.6 Å². The van der Waals surface area contributed by atoms with Crippen LogP contribution in [0.25, 0.3) is 16.7 Å². The van der Waals surface area contributed by atoms with Crippen LogP contribution >= 0.6 is 0 Å². The zero-order chi connectivity index (χ0) is 17.8. The van der Waals surface area contributed by atoms with Gasteiger partial charge in [-0.1, -0.05) is 18.2 Å². The second kappa shape index (κ2) is 5.39. The number of nitrogen functional groups attached to an aromatic ring is 1. The van der Waals surface area contributed by atoms with Gasteiger partial charge in [0.05, 0.1) is 11.2 Å². The highest BCUT2D eigenvalue weighted by Gasteiger charge is 2.27. The van der Waals surface area contributed by atoms with Crippen molar-refractivity contribution in [2.24, 2.45) is 0 Å². The van der Waals surface area contributed by atoms with Crippen LogP contribution in [0, 0.1) is 5.82 Å². The number of halogens is 1. The van der Waals surface area contributed by atoms with Gasteiger partial charge in [0.25, 0.3) is 5.78 Å². The van der Waals surface area contributed by atoms with Crippen LogP contribution in [0.5, 0.6) is 0 Å². The molecule has 2 aromatic carbocycles. The Bertz CT molecular complexity index is 1150. The monoisotopic (exact) mass is 348 g/mol. The molecule has 0 bridgehead atoms. The number of nitrogens with two attached hydrogens (primary N) is 1. The molecule has 0 saturated carbocycles. The Morgan fingerprint density at radius 1 is 1.23 bits per heavy atom. The number of para-hydroxylation sites is 1. The molecule has 1 atom stereocenters. The van der Waals surface area contributed by atoms with E-state index in [4.69, 9.17) is 10.7 Å². The SMILES string of the molecule is C[C@@H]1CCc2ccccc2N1c1nc2nncn2c2cc(N)c(F)cc12. The van der Waals surface area contributed by atoms with Crippen molar-refractivity contribution in [1.29, 1.82) is 0 Å². The lowest BCUT2D eigenvalue weighted by molar-refractivity contribution is 0.614. The van der Waals surface area contributed by atoms with E-state index in [1.165, 1.54) is 11.6 Å². The number of hydrogen-bond acceptors (Lipinski definition) is 5. The van der Waals surface area contributed by atoms with Gasteiger partial charge >= 0.3 is 0 Å². The summed E-state index contributed by atoms with van der Waals surface area (Å²) >= 11 is 0. The van der Waals surface area contributed by atoms with E-state index in [2.05, 4.69) is 34.2 Å². The largest absolute Gasteiger partial charge is 0.396 e. The fourth-order valence-electron chi connectivity index (χ4n) is 3.78. The Hall–Kier alpha value is -3.22. The van der Waals surface area contributed by atoms with Crippen molar-refractivity contribution in [3.8, 4) is 0 Å². The van der Waals surface area contributed by atoms with E-state index in [0.29, 0.717) is 17.0 Å². The van der Waals surface area contributed by atoms with Crippen LogP contribution in [0.3, 0.4) is 0 Å². The molecule has 6 nitrogen and oxygen atoms in total. The Labute approximate surface area is 149 Å². The molecule has 0 aliphatic carbocycles. The molecule has 130 valence electrons. The van der Waals surface area contributed by atoms with Crippen molar-refractivity contribution in [2.75, 3.05) is 10.6 Å². The Balaban J connectivity index is 1.87. The molecule has 2 aromatic heterocycles. The third-order valence-electron chi connectivity index (χ3n) is 5.10. The van der Waals surface area contributed by atoms with E-state index >= 15 is 0 Å². The summed E-state index contributed by atoms with van der Waals surface area (Å²) in [5, 5.41) is 8.74. The first kappa shape index (κ1) is 15.1. The molecular weight excluding hydrogens is 331 g/mol. The smallest absolute Gasteiger partial charge is 0.257 e. The highest BCUT2D eigenvalue weighted by Crippen LogP contribution is 2.39. The lowest BCUT2D eigenvalue weighted by Gasteiger charge is -2.36. The quantitative estimate of drug-likeness (QED) is 0.533. The first-order valence-electron chi connectivity index (χ1n) is 8.59. The zero-order valence-electron chi connectivity index (χ0n) is 14.2. The third kappa shape index (κ3) is 2.06. The van der Waals surface area contributed by atoms with E-state index in [-0.39, 0.29) is 11.7 Å². The van der Waals surface area contributed by atoms with Crippen LogP contribution in [0.1, 0.15) is 18.9 Å². The number of anilines is 3. The number of fused-ring (bicyclic) bond motifs is 4. The van der Waals surface area contributed by atoms with Gasteiger partial charge in [-0.25, -0.2) is 4.39 Å². The third-order valence-corrected chi connectivity index (χ3v) is 5.10. The minimum absolute atomic E-state index is 0.0942. The van der Waals surface area contributed by atoms with Crippen LogP contribution in [0.15, 0.2) is 42.7 Å². The fourth-order valence-corrected chi connectivity index (χ4v) is 3.78. The maximum atomic E-state index is 14.3. The van der Waals surface area contributed by atoms with Gasteiger partial charge in [0.15, 0.2) is 0 Å². The van der Waals surface area contributed by atoms with Gasteiger partial charge in [0, 0.05) is 17.1 Å². The minimum Gasteiger partial charge on any atom is -0.396 e. The van der Waals surface area contributed by atoms with Crippen LogP contribution in [-0.4, -0.2) is 25.6 Å². The second-order valence-electron chi connectivity index (χ2n) is 6.71. The van der Waals surface area contributed by atoms with Gasteiger partial charge in [-0.2, -0.15) is 4.98 Å². The Kier molecular flexibility index (Phi) is 3.12. The summed E-state index contributed by atoms with van der Waals surface area (Å²) < 4.78 is 16.0. The number of nitrogens with zero attached hydrogens (tertiary/aromatic N) is 5. The lowest BCUT2D eigenvalue weighted by Crippen LogP contribution is -2.34. The van der Waals surface area contributed by atoms with Crippen LogP contribution < -0.4 is 10.6 Å². The highest BCUT2D eigenvalue weighted by molar-refractivity contribution is 5.95. The van der Waals surface area contributed by atoms with Crippen molar-refractivity contribution in [3.63, 3.8) is 0 Å². The molecule has 0 fully saturated rings. The zero-order valence-corrected chi connectivity index (χ0v) is 14.2. The van der Waals surface area contributed by atoms with E-state index in [0.717, 1.165) is 24.0 Å². The molecule has 3 heterocycles. The maximum absolute atomic E-state index is 14.3. The van der Waals surface area contributed by atoms with E-state index in [1.54, 1.807) is 16.8 Å². The lowest BCUT2D eigenvalue weighted by atomic mass is 9.96. The molecule has 0 radical (unpaired) electrons. The van der Waals surface area contributed by atoms with Gasteiger partial charge in [-0.3, -0.25) is 4.40 Å². The molecule has 0 spiro atoms. The van der Waals surface area contributed by atoms with Crippen LogP contribution in [0.2, 0.25) is 0 Å². The summed E-state index contributed by atoms with van der Waals surface area (Å²) in [6.07, 6.45) is 3.58. The van der Waals surface area contributed by atoms with Gasteiger partial charge in [-0.15, -0.1) is 10.2 Å². The average Bonchev–Trinajstić information content (AvgIpc) is 3.11. The molecule has 26 heavy (non-hydrogen) atoms. The van der Waals surface area contributed by atoms with Crippen LogP contribution in [0.4, 0.5) is 21.6 Å². The second-order valence-corrected chi connectivity index (χ2v) is 6.71. The van der Waals surface area contributed by atoms with Gasteiger partial charge in [-0.05, 0) is 43.5 Å². The number of hydrogen-bond donors (Lipinski definition) is 1. The minimum atomic E-state index is -0.453. The number of aromatic nitrogens is 4. The van der Waals surface area contributed by atoms with Crippen LogP contribution in [-0.2, 0) is 6.42 Å². The number of aryl methyl sites for hydroxylation is 1. The number of rotatable bonds is 1. The molecule has 4 aromatic rings. The molecule has 0 saturated heterocycles. The molecular formula is C19H17FN6. The fraction of sp³-hybridized carbons (Fsp3) is 0.211. The number of benzene rings is 2. The summed E-state index contributed by atoms with van der Waals surface area (Å²) in [4.78, 5) is 6.89. The van der Waals surface area contributed by atoms with E-state index in [1.807, 2.05) is 12.1 Å². The van der Waals surface area contributed by atoms with E-state index < -0.39 is 5.82 Å². The molecule has 2 N–H and O–H groups in total. The predicted octanol–water partition coefficient (Wildman–Crippen LogP) is 3.47.